The maximum atomic E-state index is 13.2. The van der Waals surface area contributed by atoms with Crippen molar-refractivity contribution in [1.29, 1.82) is 0 Å². The molecule has 0 aromatic carbocycles. The predicted octanol–water partition coefficient (Wildman–Crippen LogP) is 0.491. The van der Waals surface area contributed by atoms with Crippen molar-refractivity contribution in [3.63, 3.8) is 0 Å². The van der Waals surface area contributed by atoms with Gasteiger partial charge in [0, 0.05) is 17.4 Å². The maximum absolute atomic E-state index is 13.2. The SMILES string of the molecule is C[C@H](O/N=C(\C(=O)N[C@@H]1C(=O)N2C(C(=O)O)=C(C[n+]3ccc4sc(N)nc4c3)CSC12)c1nc(N)sc1Cl)C(=O)O. The number of β-lactam (4-membered cyclic amide) rings is 1. The van der Waals surface area contributed by atoms with Crippen molar-refractivity contribution < 1.29 is 38.8 Å². The number of nitrogens with one attached hydrogen (secondary N) is 1. The van der Waals surface area contributed by atoms with Gasteiger partial charge in [-0.25, -0.2) is 19.6 Å². The van der Waals surface area contributed by atoms with E-state index in [-0.39, 0.29) is 33.2 Å². The second-order valence-electron chi connectivity index (χ2n) is 8.74. The molecule has 3 aromatic rings. The first-order valence-corrected chi connectivity index (χ1v) is 14.6. The predicted molar refractivity (Wildman–Crippen MR) is 150 cm³/mol. The first-order valence-electron chi connectivity index (χ1n) is 11.6. The van der Waals surface area contributed by atoms with Gasteiger partial charge in [-0.3, -0.25) is 14.5 Å². The van der Waals surface area contributed by atoms with Gasteiger partial charge in [0.2, 0.25) is 6.10 Å². The Morgan fingerprint density at radius 2 is 2.02 bits per heavy atom. The van der Waals surface area contributed by atoms with Gasteiger partial charge in [0.25, 0.3) is 11.8 Å². The molecule has 0 saturated carbocycles. The number of pyridine rings is 1. The van der Waals surface area contributed by atoms with Gasteiger partial charge >= 0.3 is 11.9 Å². The number of nitrogen functional groups attached to an aromatic ring is 2. The third-order valence-electron chi connectivity index (χ3n) is 6.00. The van der Waals surface area contributed by atoms with E-state index in [0.717, 1.165) is 20.9 Å². The minimum Gasteiger partial charge on any atom is -0.478 e. The molecule has 5 rings (SSSR count). The lowest BCUT2D eigenvalue weighted by Crippen LogP contribution is -2.71. The lowest BCUT2D eigenvalue weighted by Gasteiger charge is -2.49. The van der Waals surface area contributed by atoms with Crippen molar-refractivity contribution in [3.8, 4) is 0 Å². The Bertz CT molecular complexity index is 1670. The van der Waals surface area contributed by atoms with E-state index in [1.54, 1.807) is 17.0 Å². The largest absolute Gasteiger partial charge is 0.478 e. The van der Waals surface area contributed by atoms with Crippen LogP contribution in [0.4, 0.5) is 10.3 Å². The molecule has 2 aliphatic rings. The van der Waals surface area contributed by atoms with Crippen LogP contribution in [0.1, 0.15) is 12.6 Å². The topological polar surface area (TPSA) is 227 Å². The van der Waals surface area contributed by atoms with E-state index >= 15 is 0 Å². The molecule has 5 heterocycles. The molecule has 0 spiro atoms. The van der Waals surface area contributed by atoms with Crippen molar-refractivity contribution >= 4 is 96.0 Å². The van der Waals surface area contributed by atoms with Gasteiger partial charge in [0.15, 0.2) is 34.9 Å². The Hall–Kier alpha value is -4.00. The van der Waals surface area contributed by atoms with E-state index < -0.39 is 47.0 Å². The van der Waals surface area contributed by atoms with E-state index in [1.165, 1.54) is 30.0 Å². The average Bonchev–Trinajstić information content (AvgIpc) is 3.45. The summed E-state index contributed by atoms with van der Waals surface area (Å²) in [5.74, 6) is -3.95. The minimum atomic E-state index is -1.41. The highest BCUT2D eigenvalue weighted by molar-refractivity contribution is 8.00. The normalized spacial score (nSPS) is 19.5. The van der Waals surface area contributed by atoms with Crippen LogP contribution in [0.15, 0.2) is 34.9 Å². The van der Waals surface area contributed by atoms with Gasteiger partial charge in [-0.05, 0) is 6.92 Å². The number of anilines is 2. The number of halogens is 1. The van der Waals surface area contributed by atoms with Gasteiger partial charge in [-0.1, -0.05) is 39.4 Å². The van der Waals surface area contributed by atoms with E-state index in [0.29, 0.717) is 16.2 Å². The van der Waals surface area contributed by atoms with Crippen LogP contribution < -0.4 is 21.4 Å². The van der Waals surface area contributed by atoms with Gasteiger partial charge in [0.05, 0.1) is 4.70 Å². The third kappa shape index (κ3) is 5.50. The highest BCUT2D eigenvalue weighted by Gasteiger charge is 2.55. The molecule has 3 aromatic heterocycles. The van der Waals surface area contributed by atoms with E-state index in [2.05, 4.69) is 20.4 Å². The number of oxime groups is 1. The summed E-state index contributed by atoms with van der Waals surface area (Å²) in [7, 11) is 0. The number of rotatable bonds is 9. The summed E-state index contributed by atoms with van der Waals surface area (Å²) in [6, 6.07) is 0.716. The summed E-state index contributed by atoms with van der Waals surface area (Å²) in [4.78, 5) is 64.0. The number of nitrogens with two attached hydrogens (primary N) is 2. The number of thioether (sulfide) groups is 1. The highest BCUT2D eigenvalue weighted by atomic mass is 35.5. The molecule has 214 valence electrons. The van der Waals surface area contributed by atoms with Gasteiger partial charge in [-0.15, -0.1) is 11.8 Å². The van der Waals surface area contributed by atoms with Crippen LogP contribution in [0.25, 0.3) is 10.2 Å². The van der Waals surface area contributed by atoms with Crippen molar-refractivity contribution in [2.45, 2.75) is 31.0 Å². The molecule has 7 N–H and O–H groups in total. The molecular weight excluding hydrogens is 620 g/mol. The van der Waals surface area contributed by atoms with Crippen LogP contribution in [0.2, 0.25) is 4.34 Å². The fourth-order valence-electron chi connectivity index (χ4n) is 4.10. The fraction of sp³-hybridized carbons (Fsp3) is 0.273. The van der Waals surface area contributed by atoms with Crippen LogP contribution in [0, 0.1) is 0 Å². The van der Waals surface area contributed by atoms with Gasteiger partial charge in [-0.2, -0.15) is 4.57 Å². The molecule has 1 fully saturated rings. The number of thiazole rings is 2. The monoisotopic (exact) mass is 639 g/mol. The Morgan fingerprint density at radius 3 is 2.68 bits per heavy atom. The summed E-state index contributed by atoms with van der Waals surface area (Å²) in [5, 5.41) is 24.9. The van der Waals surface area contributed by atoms with Gasteiger partial charge in [0.1, 0.15) is 32.7 Å². The number of hydrogen-bond acceptors (Lipinski definition) is 13. The average molecular weight is 640 g/mol. The maximum Gasteiger partial charge on any atom is 0.352 e. The molecule has 1 unspecified atom stereocenters. The zero-order valence-corrected chi connectivity index (χ0v) is 24.0. The molecule has 0 bridgehead atoms. The smallest absolute Gasteiger partial charge is 0.352 e. The van der Waals surface area contributed by atoms with Crippen molar-refractivity contribution in [3.05, 3.63) is 39.8 Å². The van der Waals surface area contributed by atoms with Crippen LogP contribution in [0.3, 0.4) is 0 Å². The second kappa shape index (κ2) is 11.1. The van der Waals surface area contributed by atoms with Gasteiger partial charge < -0.3 is 31.8 Å². The zero-order chi connectivity index (χ0) is 29.6. The Morgan fingerprint density at radius 1 is 1.29 bits per heavy atom. The number of carbonyl (C=O) groups excluding carboxylic acids is 2. The fourth-order valence-corrected chi connectivity index (χ4v) is 7.07. The number of fused-ring (bicyclic) bond motifs is 2. The molecule has 19 heteroatoms. The van der Waals surface area contributed by atoms with Crippen LogP contribution in [-0.2, 0) is 30.6 Å². The van der Waals surface area contributed by atoms with Crippen LogP contribution in [-0.4, -0.2) is 77.8 Å². The molecule has 2 aliphatic heterocycles. The molecule has 0 aliphatic carbocycles. The summed E-state index contributed by atoms with van der Waals surface area (Å²) in [6.45, 7) is 1.39. The Kier molecular flexibility index (Phi) is 7.73. The lowest BCUT2D eigenvalue weighted by molar-refractivity contribution is -0.687. The zero-order valence-electron chi connectivity index (χ0n) is 20.8. The van der Waals surface area contributed by atoms with Crippen molar-refractivity contribution in [2.24, 2.45) is 5.16 Å². The van der Waals surface area contributed by atoms with Crippen LogP contribution in [0.5, 0.6) is 0 Å². The first-order chi connectivity index (χ1) is 19.4. The summed E-state index contributed by atoms with van der Waals surface area (Å²) < 4.78 is 2.63. The number of hydrogen-bond donors (Lipinski definition) is 5. The Labute approximate surface area is 247 Å². The number of aromatic nitrogens is 3. The summed E-state index contributed by atoms with van der Waals surface area (Å²) >= 11 is 9.60. The molecule has 3 atom stereocenters. The number of amides is 2. The third-order valence-corrected chi connectivity index (χ3v) is 9.29. The lowest BCUT2D eigenvalue weighted by atomic mass is 10.0. The molecule has 0 radical (unpaired) electrons. The summed E-state index contributed by atoms with van der Waals surface area (Å²) in [6.07, 6.45) is 2.11. The van der Waals surface area contributed by atoms with E-state index in [4.69, 9.17) is 33.0 Å². The number of aliphatic carboxylic acids is 2. The molecule has 1 saturated heterocycles. The number of carbonyl (C=O) groups is 4. The van der Waals surface area contributed by atoms with E-state index in [9.17, 15) is 24.3 Å². The van der Waals surface area contributed by atoms with Crippen LogP contribution >= 0.6 is 46.0 Å². The van der Waals surface area contributed by atoms with E-state index in [1.807, 2.05) is 6.07 Å². The van der Waals surface area contributed by atoms with Crippen molar-refractivity contribution in [2.75, 3.05) is 17.2 Å². The Balaban J connectivity index is 1.37. The second-order valence-corrected chi connectivity index (χ2v) is 12.5. The molecule has 41 heavy (non-hydrogen) atoms. The molecule has 2 amide bonds. The van der Waals surface area contributed by atoms with Crippen molar-refractivity contribution in [1.82, 2.24) is 20.2 Å². The summed E-state index contributed by atoms with van der Waals surface area (Å²) in [5.41, 5.74) is 11.8. The standard InChI is InChI=1S/C22H19ClN8O7S3/c1-7(19(34)35)38-29-12(11-15(23)41-22(25)28-11)16(32)27-13-17(33)31-14(20(36)37)8(6-39-18(13)31)4-30-3-2-10-9(5-30)26-21(24)40-10/h2-3,5,7,13,18H,4,6H2,1H3,(H6-,24,25,26,27,28,32,34,35,36,37)/p+1/b29-12-/t7-,13+,18?/m0/s1. The minimum absolute atomic E-state index is 0.00616. The number of carboxylic acid groups (broad SMARTS) is 2. The number of carboxylic acids is 2. The molecular formula is C22H20ClN8O7S3+. The first kappa shape index (κ1) is 28.5. The molecule has 15 nitrogen and oxygen atoms in total. The highest BCUT2D eigenvalue weighted by Crippen LogP contribution is 2.40. The number of nitrogens with zero attached hydrogens (tertiary/aromatic N) is 5. The quantitative estimate of drug-likeness (QED) is 0.0933.